The molecule has 2 amide bonds. The minimum absolute atomic E-state index is 0.000857. The fourth-order valence-corrected chi connectivity index (χ4v) is 8.04. The Balaban J connectivity index is 1.37. The number of piperidine rings is 1. The van der Waals surface area contributed by atoms with Crippen LogP contribution in [-0.2, 0) is 10.9 Å². The number of anilines is 1. The number of nitrogens with one attached hydrogen (secondary N) is 2. The molecule has 2 saturated heterocycles. The summed E-state index contributed by atoms with van der Waals surface area (Å²) in [6, 6.07) is 5.82. The lowest BCUT2D eigenvalue weighted by atomic mass is 9.90. The quantitative estimate of drug-likeness (QED) is 0.177. The van der Waals surface area contributed by atoms with Crippen LogP contribution < -0.4 is 16.1 Å². The van der Waals surface area contributed by atoms with Crippen LogP contribution in [0.4, 0.5) is 23.8 Å². The maximum Gasteiger partial charge on any atom is 0.434 e. The van der Waals surface area contributed by atoms with E-state index in [0.29, 0.717) is 29.7 Å². The van der Waals surface area contributed by atoms with Gasteiger partial charge in [-0.3, -0.25) is 15.0 Å². The summed E-state index contributed by atoms with van der Waals surface area (Å²) in [5.41, 5.74) is -0.529. The third kappa shape index (κ3) is 8.46. The molecule has 2 aliphatic heterocycles. The monoisotopic (exact) mass is 741 g/mol. The Kier molecular flexibility index (Phi) is 11.0. The average molecular weight is 742 g/mol. The maximum absolute atomic E-state index is 13.7. The molecule has 16 heteroatoms. The minimum atomic E-state index is -4.67. The predicted octanol–water partition coefficient (Wildman–Crippen LogP) is 6.04. The van der Waals surface area contributed by atoms with Crippen LogP contribution in [-0.4, -0.2) is 100 Å². The summed E-state index contributed by atoms with van der Waals surface area (Å²) in [7, 11) is 0. The maximum atomic E-state index is 13.7. The Bertz CT molecular complexity index is 2010. The molecule has 1 aromatic carbocycles. The zero-order valence-electron chi connectivity index (χ0n) is 29.3. The van der Waals surface area contributed by atoms with Gasteiger partial charge in [0.05, 0.1) is 18.7 Å². The molecule has 3 aromatic heterocycles. The number of carboxylic acids is 1. The van der Waals surface area contributed by atoms with Crippen molar-refractivity contribution in [1.29, 1.82) is 0 Å². The van der Waals surface area contributed by atoms with Crippen molar-refractivity contribution in [1.82, 2.24) is 29.7 Å². The van der Waals surface area contributed by atoms with Gasteiger partial charge >= 0.3 is 18.2 Å². The number of hydrogen-bond donors (Lipinski definition) is 3. The number of rotatable bonds is 10. The fraction of sp³-hybridized carbons (Fsp3) is 0.472. The summed E-state index contributed by atoms with van der Waals surface area (Å²) in [5.74, 6) is -1.27. The standard InChI is InChI=1S/C36H42F3N7O5S/c1-4-40-34(50)43-30-15-24(32-42-29(19-52-32)36(37,38)39)26(16-41-30)22-7-8-28-25(14-22)31(47)27(33(48)49)18-46(28)23-6-5-9-45(17-23)21-35(2,3)20-44-10-12-51-13-11-44/h7-8,14-16,18-19,23H,4-6,9-13,17,20-21H2,1-3H3,(H,48,49)(H2,40,41,43,50). The second-order valence-electron chi connectivity index (χ2n) is 14.0. The number of halogens is 3. The Morgan fingerprint density at radius 1 is 1.08 bits per heavy atom. The zero-order valence-corrected chi connectivity index (χ0v) is 30.1. The first-order chi connectivity index (χ1) is 24.7. The van der Waals surface area contributed by atoms with Gasteiger partial charge in [0.2, 0.25) is 5.43 Å². The number of alkyl halides is 3. The van der Waals surface area contributed by atoms with Crippen LogP contribution in [0.5, 0.6) is 0 Å². The normalized spacial score (nSPS) is 17.7. The van der Waals surface area contributed by atoms with Crippen molar-refractivity contribution in [2.24, 2.45) is 5.41 Å². The molecule has 278 valence electrons. The molecule has 2 aliphatic rings. The lowest BCUT2D eigenvalue weighted by molar-refractivity contribution is -0.140. The van der Waals surface area contributed by atoms with E-state index >= 15 is 0 Å². The number of carbonyl (C=O) groups is 2. The SMILES string of the molecule is CCNC(=O)Nc1cc(-c2nc(C(F)(F)F)cs2)c(-c2ccc3c(c2)c(=O)c(C(=O)O)cn3C2CCCN(CC(C)(C)CN3CCOCC3)C2)cn1. The summed E-state index contributed by atoms with van der Waals surface area (Å²) in [6.45, 7) is 13.2. The van der Waals surface area contributed by atoms with Gasteiger partial charge in [-0.25, -0.2) is 19.6 Å². The van der Waals surface area contributed by atoms with Gasteiger partial charge in [-0.05, 0) is 55.5 Å². The van der Waals surface area contributed by atoms with Crippen LogP contribution in [0.2, 0.25) is 0 Å². The third-order valence-electron chi connectivity index (χ3n) is 9.36. The van der Waals surface area contributed by atoms with E-state index in [1.54, 1.807) is 25.1 Å². The number of thiazole rings is 1. The van der Waals surface area contributed by atoms with E-state index in [2.05, 4.69) is 44.2 Å². The van der Waals surface area contributed by atoms with E-state index in [-0.39, 0.29) is 38.8 Å². The lowest BCUT2D eigenvalue weighted by Gasteiger charge is -2.41. The van der Waals surface area contributed by atoms with Crippen LogP contribution >= 0.6 is 11.3 Å². The van der Waals surface area contributed by atoms with Crippen molar-refractivity contribution in [2.75, 3.05) is 64.3 Å². The van der Waals surface area contributed by atoms with E-state index in [9.17, 15) is 32.7 Å². The van der Waals surface area contributed by atoms with E-state index in [1.807, 2.05) is 4.57 Å². The summed E-state index contributed by atoms with van der Waals surface area (Å²) in [5, 5.41) is 16.4. The molecule has 52 heavy (non-hydrogen) atoms. The Morgan fingerprint density at radius 2 is 1.83 bits per heavy atom. The summed E-state index contributed by atoms with van der Waals surface area (Å²) < 4.78 is 48.1. The Labute approximate surface area is 302 Å². The van der Waals surface area contributed by atoms with Gasteiger partial charge in [0.1, 0.15) is 16.4 Å². The molecule has 2 fully saturated rings. The molecule has 0 saturated carbocycles. The van der Waals surface area contributed by atoms with Crippen LogP contribution in [0, 0.1) is 5.41 Å². The number of fused-ring (bicyclic) bond motifs is 1. The second-order valence-corrected chi connectivity index (χ2v) is 14.9. The van der Waals surface area contributed by atoms with Crippen molar-refractivity contribution in [3.63, 3.8) is 0 Å². The van der Waals surface area contributed by atoms with E-state index in [0.717, 1.165) is 75.5 Å². The lowest BCUT2D eigenvalue weighted by Crippen LogP contribution is -2.48. The number of aromatic nitrogens is 3. The van der Waals surface area contributed by atoms with Crippen LogP contribution in [0.25, 0.3) is 32.6 Å². The molecule has 0 spiro atoms. The number of benzene rings is 1. The first-order valence-corrected chi connectivity index (χ1v) is 18.1. The van der Waals surface area contributed by atoms with E-state index in [1.165, 1.54) is 18.5 Å². The van der Waals surface area contributed by atoms with Crippen molar-refractivity contribution < 1.29 is 32.6 Å². The molecule has 0 radical (unpaired) electrons. The number of nitrogens with zero attached hydrogens (tertiary/aromatic N) is 5. The first-order valence-electron chi connectivity index (χ1n) is 17.3. The number of pyridine rings is 2. The van der Waals surface area contributed by atoms with Crippen molar-refractivity contribution in [2.45, 2.75) is 45.8 Å². The predicted molar refractivity (Wildman–Crippen MR) is 193 cm³/mol. The molecule has 4 aromatic rings. The molecule has 0 aliphatic carbocycles. The van der Waals surface area contributed by atoms with Crippen molar-refractivity contribution in [3.8, 4) is 21.7 Å². The average Bonchev–Trinajstić information content (AvgIpc) is 3.60. The number of carboxylic acid groups (broad SMARTS) is 1. The van der Waals surface area contributed by atoms with Gasteiger partial charge in [0.25, 0.3) is 0 Å². The number of urea groups is 1. The minimum Gasteiger partial charge on any atom is -0.477 e. The molecule has 1 unspecified atom stereocenters. The largest absolute Gasteiger partial charge is 0.477 e. The number of aromatic carboxylic acids is 1. The fourth-order valence-electron chi connectivity index (χ4n) is 7.18. The molecule has 12 nitrogen and oxygen atoms in total. The molecular formula is C36H42F3N7O5S. The highest BCUT2D eigenvalue weighted by molar-refractivity contribution is 7.13. The zero-order chi connectivity index (χ0) is 37.2. The topological polar surface area (TPSA) is 142 Å². The highest BCUT2D eigenvalue weighted by Crippen LogP contribution is 2.39. The van der Waals surface area contributed by atoms with Gasteiger partial charge in [-0.1, -0.05) is 19.9 Å². The molecule has 3 N–H and O–H groups in total. The molecule has 6 rings (SSSR count). The smallest absolute Gasteiger partial charge is 0.434 e. The third-order valence-corrected chi connectivity index (χ3v) is 10.2. The van der Waals surface area contributed by atoms with Gasteiger partial charge < -0.3 is 24.6 Å². The Hall–Kier alpha value is -4.38. The number of likely N-dealkylation sites (tertiary alicyclic amines) is 1. The Morgan fingerprint density at radius 3 is 2.52 bits per heavy atom. The number of hydrogen-bond acceptors (Lipinski definition) is 9. The van der Waals surface area contributed by atoms with Crippen molar-refractivity contribution in [3.05, 3.63) is 63.5 Å². The van der Waals surface area contributed by atoms with E-state index in [4.69, 9.17) is 4.74 Å². The molecule has 0 bridgehead atoms. The molecule has 1 atom stereocenters. The van der Waals surface area contributed by atoms with E-state index < -0.39 is 29.3 Å². The van der Waals surface area contributed by atoms with Crippen LogP contribution in [0.1, 0.15) is 55.7 Å². The summed E-state index contributed by atoms with van der Waals surface area (Å²) >= 11 is 0.780. The number of amides is 2. The highest BCUT2D eigenvalue weighted by Gasteiger charge is 2.34. The highest BCUT2D eigenvalue weighted by atomic mass is 32.1. The first kappa shape index (κ1) is 37.4. The molecular weight excluding hydrogens is 700 g/mol. The number of morpholine rings is 1. The second kappa shape index (κ2) is 15.3. The number of carbonyl (C=O) groups excluding carboxylic acids is 1. The van der Waals surface area contributed by atoms with Crippen LogP contribution in [0.3, 0.4) is 0 Å². The van der Waals surface area contributed by atoms with Crippen molar-refractivity contribution >= 4 is 40.1 Å². The van der Waals surface area contributed by atoms with Crippen LogP contribution in [0.15, 0.2) is 46.8 Å². The molecule has 5 heterocycles. The number of ether oxygens (including phenoxy) is 1. The summed E-state index contributed by atoms with van der Waals surface area (Å²) in [4.78, 5) is 51.3. The summed E-state index contributed by atoms with van der Waals surface area (Å²) in [6.07, 6.45) is -0.157. The van der Waals surface area contributed by atoms with Gasteiger partial charge in [-0.2, -0.15) is 13.2 Å². The van der Waals surface area contributed by atoms with Gasteiger partial charge in [0.15, 0.2) is 5.69 Å². The van der Waals surface area contributed by atoms with Gasteiger partial charge in [-0.15, -0.1) is 11.3 Å². The van der Waals surface area contributed by atoms with Gasteiger partial charge in [0, 0.05) is 79.6 Å².